The largest absolute Gasteiger partial charge is 0.481 e. The van der Waals surface area contributed by atoms with E-state index < -0.39 is 5.97 Å². The first-order valence-corrected chi connectivity index (χ1v) is 5.42. The lowest BCUT2D eigenvalue weighted by Gasteiger charge is -2.01. The van der Waals surface area contributed by atoms with Crippen LogP contribution in [0.25, 0.3) is 11.3 Å². The van der Waals surface area contributed by atoms with Crippen molar-refractivity contribution in [1.82, 2.24) is 15.0 Å². The van der Waals surface area contributed by atoms with Gasteiger partial charge in [-0.3, -0.25) is 4.79 Å². The molecule has 2 aromatic rings. The highest BCUT2D eigenvalue weighted by Crippen LogP contribution is 2.15. The van der Waals surface area contributed by atoms with Crippen LogP contribution in [0.2, 0.25) is 0 Å². The standard InChI is InChI=1S/C12H13N3O2/c16-12(17)3-1-2-11-14-7-5-10(15-11)9-4-6-13-8-9/h4-8,13H,1-3H2,(H,16,17). The Kier molecular flexibility index (Phi) is 3.49. The number of nitrogens with zero attached hydrogens (tertiary/aromatic N) is 2. The van der Waals surface area contributed by atoms with Gasteiger partial charge in [-0.2, -0.15) is 0 Å². The molecule has 0 aliphatic carbocycles. The number of hydrogen-bond donors (Lipinski definition) is 2. The highest BCUT2D eigenvalue weighted by molar-refractivity contribution is 5.66. The summed E-state index contributed by atoms with van der Waals surface area (Å²) < 4.78 is 0. The van der Waals surface area contributed by atoms with Crippen LogP contribution in [0.3, 0.4) is 0 Å². The molecular weight excluding hydrogens is 218 g/mol. The van der Waals surface area contributed by atoms with E-state index in [-0.39, 0.29) is 6.42 Å². The Hall–Kier alpha value is -2.17. The first kappa shape index (κ1) is 11.3. The zero-order valence-corrected chi connectivity index (χ0v) is 9.26. The lowest BCUT2D eigenvalue weighted by atomic mass is 10.2. The second kappa shape index (κ2) is 5.25. The zero-order chi connectivity index (χ0) is 12.1. The number of aromatic amines is 1. The van der Waals surface area contributed by atoms with Gasteiger partial charge in [0, 0.05) is 37.0 Å². The molecule has 17 heavy (non-hydrogen) atoms. The van der Waals surface area contributed by atoms with Crippen molar-refractivity contribution in [2.75, 3.05) is 0 Å². The van der Waals surface area contributed by atoms with Crippen LogP contribution in [0.5, 0.6) is 0 Å². The van der Waals surface area contributed by atoms with Crippen molar-refractivity contribution in [2.45, 2.75) is 19.3 Å². The van der Waals surface area contributed by atoms with Crippen LogP contribution in [0, 0.1) is 0 Å². The Balaban J connectivity index is 2.04. The summed E-state index contributed by atoms with van der Waals surface area (Å²) in [5, 5.41) is 8.55. The Morgan fingerprint density at radius 2 is 2.29 bits per heavy atom. The summed E-state index contributed by atoms with van der Waals surface area (Å²) in [5.74, 6) is -0.100. The van der Waals surface area contributed by atoms with Crippen LogP contribution in [-0.4, -0.2) is 26.0 Å². The van der Waals surface area contributed by atoms with Gasteiger partial charge in [-0.05, 0) is 18.6 Å². The molecule has 0 saturated heterocycles. The molecule has 0 saturated carbocycles. The number of nitrogens with one attached hydrogen (secondary N) is 1. The first-order chi connectivity index (χ1) is 8.25. The van der Waals surface area contributed by atoms with E-state index in [4.69, 9.17) is 5.11 Å². The Bertz CT molecular complexity index is 494. The van der Waals surface area contributed by atoms with Crippen LogP contribution in [0.15, 0.2) is 30.7 Å². The molecule has 2 aromatic heterocycles. The number of aryl methyl sites for hydroxylation is 1. The average Bonchev–Trinajstić information content (AvgIpc) is 2.82. The number of carboxylic acid groups (broad SMARTS) is 1. The van der Waals surface area contributed by atoms with E-state index in [1.54, 1.807) is 6.20 Å². The third-order valence-electron chi connectivity index (χ3n) is 2.39. The number of aromatic nitrogens is 3. The Labute approximate surface area is 98.6 Å². The summed E-state index contributed by atoms with van der Waals surface area (Å²) in [6, 6.07) is 3.77. The molecule has 0 aliphatic heterocycles. The summed E-state index contributed by atoms with van der Waals surface area (Å²) in [5.41, 5.74) is 1.86. The maximum atomic E-state index is 10.4. The van der Waals surface area contributed by atoms with E-state index in [1.807, 2.05) is 24.5 Å². The molecule has 2 rings (SSSR count). The van der Waals surface area contributed by atoms with E-state index >= 15 is 0 Å². The van der Waals surface area contributed by atoms with Gasteiger partial charge in [-0.15, -0.1) is 0 Å². The Morgan fingerprint density at radius 3 is 3.00 bits per heavy atom. The molecule has 2 heterocycles. The van der Waals surface area contributed by atoms with Crippen LogP contribution < -0.4 is 0 Å². The lowest BCUT2D eigenvalue weighted by Crippen LogP contribution is -2.00. The molecule has 2 N–H and O–H groups in total. The summed E-state index contributed by atoms with van der Waals surface area (Å²) in [4.78, 5) is 21.9. The second-order valence-corrected chi connectivity index (χ2v) is 3.71. The van der Waals surface area contributed by atoms with Gasteiger partial charge in [0.25, 0.3) is 0 Å². The van der Waals surface area contributed by atoms with E-state index in [0.29, 0.717) is 18.7 Å². The summed E-state index contributed by atoms with van der Waals surface area (Å²) in [6.07, 6.45) is 6.70. The highest BCUT2D eigenvalue weighted by Gasteiger charge is 2.03. The Morgan fingerprint density at radius 1 is 1.41 bits per heavy atom. The average molecular weight is 231 g/mol. The third-order valence-corrected chi connectivity index (χ3v) is 2.39. The molecule has 5 nitrogen and oxygen atoms in total. The summed E-state index contributed by atoms with van der Waals surface area (Å²) in [6.45, 7) is 0. The van der Waals surface area contributed by atoms with Gasteiger partial charge in [-0.1, -0.05) is 0 Å². The van der Waals surface area contributed by atoms with Gasteiger partial charge in [-0.25, -0.2) is 9.97 Å². The molecule has 88 valence electrons. The van der Waals surface area contributed by atoms with Crippen molar-refractivity contribution in [2.24, 2.45) is 0 Å². The van der Waals surface area contributed by atoms with Gasteiger partial charge in [0.05, 0.1) is 5.69 Å². The van der Waals surface area contributed by atoms with Gasteiger partial charge in [0.1, 0.15) is 5.82 Å². The molecule has 0 amide bonds. The number of rotatable bonds is 5. The van der Waals surface area contributed by atoms with Crippen molar-refractivity contribution < 1.29 is 9.90 Å². The van der Waals surface area contributed by atoms with Gasteiger partial charge in [0.2, 0.25) is 0 Å². The van der Waals surface area contributed by atoms with Crippen molar-refractivity contribution in [3.63, 3.8) is 0 Å². The number of carbonyl (C=O) groups is 1. The fourth-order valence-electron chi connectivity index (χ4n) is 1.56. The SMILES string of the molecule is O=C(O)CCCc1nccc(-c2cc[nH]c2)n1. The maximum Gasteiger partial charge on any atom is 0.303 e. The first-order valence-electron chi connectivity index (χ1n) is 5.42. The number of H-pyrrole nitrogens is 1. The summed E-state index contributed by atoms with van der Waals surface area (Å²) >= 11 is 0. The second-order valence-electron chi connectivity index (χ2n) is 3.71. The van der Waals surface area contributed by atoms with Crippen LogP contribution in [0.4, 0.5) is 0 Å². The monoisotopic (exact) mass is 231 g/mol. The fourth-order valence-corrected chi connectivity index (χ4v) is 1.56. The van der Waals surface area contributed by atoms with Crippen LogP contribution in [0.1, 0.15) is 18.7 Å². The molecular formula is C12H13N3O2. The zero-order valence-electron chi connectivity index (χ0n) is 9.26. The van der Waals surface area contributed by atoms with Crippen molar-refractivity contribution in [3.8, 4) is 11.3 Å². The molecule has 0 fully saturated rings. The molecule has 0 aromatic carbocycles. The van der Waals surface area contributed by atoms with Crippen molar-refractivity contribution in [3.05, 3.63) is 36.5 Å². The minimum Gasteiger partial charge on any atom is -0.481 e. The predicted molar refractivity (Wildman–Crippen MR) is 62.4 cm³/mol. The van der Waals surface area contributed by atoms with E-state index in [0.717, 1.165) is 11.3 Å². The molecule has 5 heteroatoms. The molecule has 0 radical (unpaired) electrons. The normalized spacial score (nSPS) is 10.4. The van der Waals surface area contributed by atoms with Crippen molar-refractivity contribution in [1.29, 1.82) is 0 Å². The van der Waals surface area contributed by atoms with Gasteiger partial charge >= 0.3 is 5.97 Å². The molecule has 0 spiro atoms. The predicted octanol–water partition coefficient (Wildman–Crippen LogP) is 1.88. The molecule has 0 bridgehead atoms. The number of hydrogen-bond acceptors (Lipinski definition) is 3. The number of aliphatic carboxylic acids is 1. The summed E-state index contributed by atoms with van der Waals surface area (Å²) in [7, 11) is 0. The minimum absolute atomic E-state index is 0.151. The van der Waals surface area contributed by atoms with Crippen LogP contribution >= 0.6 is 0 Å². The van der Waals surface area contributed by atoms with E-state index in [9.17, 15) is 4.79 Å². The smallest absolute Gasteiger partial charge is 0.303 e. The topological polar surface area (TPSA) is 78.9 Å². The van der Waals surface area contributed by atoms with Gasteiger partial charge < -0.3 is 10.1 Å². The highest BCUT2D eigenvalue weighted by atomic mass is 16.4. The molecule has 0 unspecified atom stereocenters. The van der Waals surface area contributed by atoms with Crippen molar-refractivity contribution >= 4 is 5.97 Å². The maximum absolute atomic E-state index is 10.4. The quantitative estimate of drug-likeness (QED) is 0.823. The van der Waals surface area contributed by atoms with Crippen LogP contribution in [-0.2, 0) is 11.2 Å². The molecule has 0 atom stereocenters. The number of carboxylic acids is 1. The minimum atomic E-state index is -0.785. The fraction of sp³-hybridized carbons (Fsp3) is 0.250. The lowest BCUT2D eigenvalue weighted by molar-refractivity contribution is -0.137. The van der Waals surface area contributed by atoms with E-state index in [2.05, 4.69) is 15.0 Å². The molecule has 0 aliphatic rings. The van der Waals surface area contributed by atoms with E-state index in [1.165, 1.54) is 0 Å². The van der Waals surface area contributed by atoms with Gasteiger partial charge in [0.15, 0.2) is 0 Å². The third kappa shape index (κ3) is 3.14.